The maximum absolute atomic E-state index is 11.1. The van der Waals surface area contributed by atoms with Crippen molar-refractivity contribution in [3.8, 4) is 0 Å². The Morgan fingerprint density at radius 3 is 2.00 bits per heavy atom. The van der Waals surface area contributed by atoms with Gasteiger partial charge in [-0.1, -0.05) is 12.8 Å². The van der Waals surface area contributed by atoms with Gasteiger partial charge in [0, 0.05) is 0 Å². The molecule has 0 aromatic heterocycles. The van der Waals surface area contributed by atoms with E-state index in [4.69, 9.17) is 4.74 Å². The molecule has 2 heteroatoms. The first-order chi connectivity index (χ1) is 7.23. The number of rotatable bonds is 0. The normalized spacial score (nSPS) is 61.8. The molecule has 0 aromatic carbocycles. The lowest BCUT2D eigenvalue weighted by atomic mass is 9.44. The molecule has 0 amide bonds. The zero-order valence-electron chi connectivity index (χ0n) is 9.30. The summed E-state index contributed by atoms with van der Waals surface area (Å²) >= 11 is 0. The molecule has 4 fully saturated rings. The van der Waals surface area contributed by atoms with E-state index >= 15 is 0 Å². The van der Waals surface area contributed by atoms with Gasteiger partial charge in [0.05, 0.1) is 0 Å². The fraction of sp³-hybridized carbons (Fsp3) is 1.00. The van der Waals surface area contributed by atoms with Crippen LogP contribution in [0.5, 0.6) is 0 Å². The van der Waals surface area contributed by atoms with Crippen LogP contribution in [0.4, 0.5) is 0 Å². The molecule has 4 aliphatic rings. The van der Waals surface area contributed by atoms with Crippen LogP contribution in [0.1, 0.15) is 57.8 Å². The van der Waals surface area contributed by atoms with Crippen molar-refractivity contribution in [1.82, 2.24) is 0 Å². The molecule has 15 heavy (non-hydrogen) atoms. The summed E-state index contributed by atoms with van der Waals surface area (Å²) in [6.45, 7) is 0. The second kappa shape index (κ2) is 2.43. The molecule has 2 atom stereocenters. The molecule has 1 aliphatic heterocycles. The first-order valence-electron chi connectivity index (χ1n) is 6.65. The highest BCUT2D eigenvalue weighted by Crippen LogP contribution is 2.70. The lowest BCUT2D eigenvalue weighted by Crippen LogP contribution is -2.87. The standard InChI is InChI=1S/C13H20O2/c14-13-10-4-1-6-11(13)8-3-9-12(13,15-11)7-2-5-10/h10,14H,1-9H2/t10?,11-,12-,13?/m1/s1. The van der Waals surface area contributed by atoms with E-state index in [1.165, 1.54) is 32.1 Å². The highest BCUT2D eigenvalue weighted by molar-refractivity contribution is 5.29. The van der Waals surface area contributed by atoms with Crippen LogP contribution >= 0.6 is 0 Å². The Bertz CT molecular complexity index is 278. The molecule has 2 bridgehead atoms. The van der Waals surface area contributed by atoms with Gasteiger partial charge in [0.25, 0.3) is 0 Å². The van der Waals surface area contributed by atoms with Crippen LogP contribution in [0.3, 0.4) is 0 Å². The van der Waals surface area contributed by atoms with Crippen LogP contribution in [0.25, 0.3) is 0 Å². The lowest BCUT2D eigenvalue weighted by Gasteiger charge is -2.77. The molecular weight excluding hydrogens is 188 g/mol. The van der Waals surface area contributed by atoms with Gasteiger partial charge in [0.1, 0.15) is 16.8 Å². The molecule has 3 aliphatic carbocycles. The van der Waals surface area contributed by atoms with E-state index in [2.05, 4.69) is 0 Å². The second-order valence-corrected chi connectivity index (χ2v) is 6.19. The smallest absolute Gasteiger partial charge is 0.125 e. The summed E-state index contributed by atoms with van der Waals surface area (Å²) in [6.07, 6.45) is 10.7. The fourth-order valence-corrected chi connectivity index (χ4v) is 5.35. The molecule has 1 saturated heterocycles. The Kier molecular flexibility index (Phi) is 1.46. The van der Waals surface area contributed by atoms with Crippen LogP contribution < -0.4 is 0 Å². The van der Waals surface area contributed by atoms with Gasteiger partial charge >= 0.3 is 0 Å². The molecule has 84 valence electrons. The number of ether oxygens (including phenoxy) is 1. The molecule has 4 rings (SSSR count). The van der Waals surface area contributed by atoms with E-state index in [0.29, 0.717) is 5.92 Å². The predicted octanol–water partition coefficient (Wildman–Crippen LogP) is 2.39. The summed E-state index contributed by atoms with van der Waals surface area (Å²) in [4.78, 5) is 0. The predicted molar refractivity (Wildman–Crippen MR) is 56.5 cm³/mol. The lowest BCUT2D eigenvalue weighted by molar-refractivity contribution is -0.461. The topological polar surface area (TPSA) is 29.5 Å². The molecule has 1 heterocycles. The summed E-state index contributed by atoms with van der Waals surface area (Å²) in [7, 11) is 0. The van der Waals surface area contributed by atoms with E-state index in [0.717, 1.165) is 25.7 Å². The quantitative estimate of drug-likeness (QED) is 0.662. The van der Waals surface area contributed by atoms with E-state index in [1.54, 1.807) is 0 Å². The molecule has 0 unspecified atom stereocenters. The first-order valence-corrected chi connectivity index (χ1v) is 6.65. The van der Waals surface area contributed by atoms with Crippen LogP contribution in [0, 0.1) is 5.92 Å². The monoisotopic (exact) mass is 208 g/mol. The maximum Gasteiger partial charge on any atom is 0.125 e. The minimum Gasteiger partial charge on any atom is -0.384 e. The van der Waals surface area contributed by atoms with E-state index < -0.39 is 5.60 Å². The Morgan fingerprint density at radius 2 is 1.40 bits per heavy atom. The molecule has 0 radical (unpaired) electrons. The van der Waals surface area contributed by atoms with Crippen molar-refractivity contribution in [3.63, 3.8) is 0 Å². The molecule has 1 N–H and O–H groups in total. The Morgan fingerprint density at radius 1 is 0.867 bits per heavy atom. The number of hydrogen-bond acceptors (Lipinski definition) is 2. The third-order valence-corrected chi connectivity index (χ3v) is 5.80. The molecule has 0 spiro atoms. The molecule has 2 nitrogen and oxygen atoms in total. The van der Waals surface area contributed by atoms with E-state index in [9.17, 15) is 5.11 Å². The maximum atomic E-state index is 11.1. The van der Waals surface area contributed by atoms with Gasteiger partial charge in [0.2, 0.25) is 0 Å². The minimum absolute atomic E-state index is 0.103. The SMILES string of the molecule is OC12C3CCC[C@@]14CCC[C@@]2(CCC3)O4. The zero-order valence-corrected chi connectivity index (χ0v) is 9.30. The van der Waals surface area contributed by atoms with Gasteiger partial charge in [-0.05, 0) is 50.9 Å². The molecule has 3 saturated carbocycles. The van der Waals surface area contributed by atoms with Gasteiger partial charge in [-0.15, -0.1) is 0 Å². The van der Waals surface area contributed by atoms with Crippen LogP contribution in [0.2, 0.25) is 0 Å². The van der Waals surface area contributed by atoms with Crippen LogP contribution in [0.15, 0.2) is 0 Å². The van der Waals surface area contributed by atoms with Crippen molar-refractivity contribution in [2.75, 3.05) is 0 Å². The Hall–Kier alpha value is -0.0800. The summed E-state index contributed by atoms with van der Waals surface area (Å²) < 4.78 is 6.28. The molecular formula is C13H20O2. The van der Waals surface area contributed by atoms with Crippen molar-refractivity contribution in [2.24, 2.45) is 5.92 Å². The summed E-state index contributed by atoms with van der Waals surface area (Å²) in [5.74, 6) is 0.550. The average Bonchev–Trinajstić information content (AvgIpc) is 2.24. The number of aliphatic hydroxyl groups is 1. The highest BCUT2D eigenvalue weighted by Gasteiger charge is 2.79. The van der Waals surface area contributed by atoms with Gasteiger partial charge in [-0.25, -0.2) is 0 Å². The van der Waals surface area contributed by atoms with Crippen molar-refractivity contribution in [1.29, 1.82) is 0 Å². The van der Waals surface area contributed by atoms with Crippen LogP contribution in [-0.2, 0) is 4.74 Å². The largest absolute Gasteiger partial charge is 0.384 e. The highest BCUT2D eigenvalue weighted by atomic mass is 16.6. The van der Waals surface area contributed by atoms with Crippen molar-refractivity contribution in [2.45, 2.75) is 74.6 Å². The van der Waals surface area contributed by atoms with Gasteiger partial charge in [-0.2, -0.15) is 0 Å². The van der Waals surface area contributed by atoms with Gasteiger partial charge in [-0.3, -0.25) is 0 Å². The second-order valence-electron chi connectivity index (χ2n) is 6.19. The van der Waals surface area contributed by atoms with Crippen molar-refractivity contribution in [3.05, 3.63) is 0 Å². The number of hydrogen-bond donors (Lipinski definition) is 1. The minimum atomic E-state index is -0.422. The van der Waals surface area contributed by atoms with Crippen LogP contribution in [-0.4, -0.2) is 21.9 Å². The van der Waals surface area contributed by atoms with Crippen molar-refractivity contribution >= 4 is 0 Å². The van der Waals surface area contributed by atoms with Gasteiger partial charge in [0.15, 0.2) is 0 Å². The molecule has 0 aromatic rings. The summed E-state index contributed by atoms with van der Waals surface area (Å²) in [5, 5.41) is 11.1. The average molecular weight is 208 g/mol. The summed E-state index contributed by atoms with van der Waals surface area (Å²) in [6, 6.07) is 0. The Labute approximate surface area is 91.0 Å². The van der Waals surface area contributed by atoms with Crippen molar-refractivity contribution < 1.29 is 9.84 Å². The third-order valence-electron chi connectivity index (χ3n) is 5.80. The van der Waals surface area contributed by atoms with Gasteiger partial charge < -0.3 is 9.84 Å². The fourth-order valence-electron chi connectivity index (χ4n) is 5.35. The van der Waals surface area contributed by atoms with E-state index in [1.807, 2.05) is 0 Å². The third kappa shape index (κ3) is 0.734. The Balaban J connectivity index is 1.84. The zero-order chi connectivity index (χ0) is 10.1. The van der Waals surface area contributed by atoms with E-state index in [-0.39, 0.29) is 11.2 Å². The summed E-state index contributed by atoms with van der Waals surface area (Å²) in [5.41, 5.74) is -0.627. The first kappa shape index (κ1) is 9.00.